The average Bonchev–Trinajstić information content (AvgIpc) is 3.11. The van der Waals surface area contributed by atoms with Crippen LogP contribution in [0.2, 0.25) is 5.02 Å². The number of benzene rings is 2. The molecule has 2 aromatic carbocycles. The van der Waals surface area contributed by atoms with Crippen LogP contribution in [-0.4, -0.2) is 44.0 Å². The van der Waals surface area contributed by atoms with Crippen LogP contribution >= 0.6 is 11.6 Å². The number of para-hydroxylation sites is 1. The third-order valence-electron chi connectivity index (χ3n) is 4.51. The Morgan fingerprint density at radius 2 is 1.96 bits per heavy atom. The molecule has 6 nitrogen and oxygen atoms in total. The van der Waals surface area contributed by atoms with E-state index in [0.29, 0.717) is 23.9 Å². The van der Waals surface area contributed by atoms with Gasteiger partial charge in [-0.15, -0.1) is 0 Å². The molecular formula is C20H22ClN3O3. The Kier molecular flexibility index (Phi) is 5.98. The van der Waals surface area contributed by atoms with E-state index in [0.717, 1.165) is 17.7 Å². The van der Waals surface area contributed by atoms with Crippen LogP contribution in [0.4, 0.5) is 5.69 Å². The second-order valence-corrected chi connectivity index (χ2v) is 7.00. The lowest BCUT2D eigenvalue weighted by Gasteiger charge is -2.25. The van der Waals surface area contributed by atoms with Gasteiger partial charge in [0.05, 0.1) is 23.4 Å². The standard InChI is InChI=1S/C20H22ClN3O3/c1-24(2)17(13-7-8-18-14(11-13)9-10-27-18)12-22-19(25)20(26)23-16-6-4-3-5-15(16)21/h3-8,11,17H,9-10,12H2,1-2H3,(H,22,25)(H,23,26)/t17-/m1/s1. The molecule has 0 fully saturated rings. The highest BCUT2D eigenvalue weighted by Crippen LogP contribution is 2.29. The van der Waals surface area contributed by atoms with Crippen LogP contribution in [0.15, 0.2) is 42.5 Å². The minimum atomic E-state index is -0.747. The zero-order valence-corrected chi connectivity index (χ0v) is 16.0. The SMILES string of the molecule is CN(C)[C@H](CNC(=O)C(=O)Nc1ccccc1Cl)c1ccc2c(c1)CCO2. The van der Waals surface area contributed by atoms with E-state index in [1.54, 1.807) is 24.3 Å². The van der Waals surface area contributed by atoms with Crippen molar-refractivity contribution < 1.29 is 14.3 Å². The molecule has 2 aromatic rings. The van der Waals surface area contributed by atoms with Crippen molar-refractivity contribution in [3.63, 3.8) is 0 Å². The van der Waals surface area contributed by atoms with E-state index in [4.69, 9.17) is 16.3 Å². The van der Waals surface area contributed by atoms with Crippen LogP contribution in [0, 0.1) is 0 Å². The summed E-state index contributed by atoms with van der Waals surface area (Å²) in [4.78, 5) is 26.3. The van der Waals surface area contributed by atoms with E-state index in [-0.39, 0.29) is 6.04 Å². The Morgan fingerprint density at radius 3 is 2.70 bits per heavy atom. The predicted octanol–water partition coefficient (Wildman–Crippen LogP) is 2.63. The third-order valence-corrected chi connectivity index (χ3v) is 4.84. The molecule has 0 aromatic heterocycles. The first-order valence-electron chi connectivity index (χ1n) is 8.71. The highest BCUT2D eigenvalue weighted by atomic mass is 35.5. The average molecular weight is 388 g/mol. The van der Waals surface area contributed by atoms with Crippen molar-refractivity contribution >= 4 is 29.1 Å². The number of likely N-dealkylation sites (N-methyl/N-ethyl adjacent to an activating group) is 1. The predicted molar refractivity (Wildman–Crippen MR) is 105 cm³/mol. The molecule has 142 valence electrons. The van der Waals surface area contributed by atoms with Crippen LogP contribution in [0.1, 0.15) is 17.2 Å². The van der Waals surface area contributed by atoms with Gasteiger partial charge in [0.15, 0.2) is 0 Å². The summed E-state index contributed by atoms with van der Waals surface area (Å²) in [5.74, 6) is -0.534. The molecule has 7 heteroatoms. The molecule has 1 aliphatic rings. The van der Waals surface area contributed by atoms with Gasteiger partial charge in [-0.1, -0.05) is 35.9 Å². The molecule has 2 N–H and O–H groups in total. The number of rotatable bonds is 5. The van der Waals surface area contributed by atoms with E-state index >= 15 is 0 Å². The van der Waals surface area contributed by atoms with Gasteiger partial charge in [-0.3, -0.25) is 9.59 Å². The Morgan fingerprint density at radius 1 is 1.19 bits per heavy atom. The number of amides is 2. The Balaban J connectivity index is 1.63. The van der Waals surface area contributed by atoms with Gasteiger partial charge in [-0.05, 0) is 43.4 Å². The minimum Gasteiger partial charge on any atom is -0.493 e. The van der Waals surface area contributed by atoms with Crippen molar-refractivity contribution in [3.8, 4) is 5.75 Å². The van der Waals surface area contributed by atoms with Crippen molar-refractivity contribution in [2.24, 2.45) is 0 Å². The number of hydrogen-bond acceptors (Lipinski definition) is 4. The summed E-state index contributed by atoms with van der Waals surface area (Å²) in [5, 5.41) is 5.61. The lowest BCUT2D eigenvalue weighted by atomic mass is 10.0. The largest absolute Gasteiger partial charge is 0.493 e. The lowest BCUT2D eigenvalue weighted by molar-refractivity contribution is -0.136. The van der Waals surface area contributed by atoms with Gasteiger partial charge in [0.1, 0.15) is 5.75 Å². The Labute approximate surface area is 163 Å². The van der Waals surface area contributed by atoms with E-state index in [9.17, 15) is 9.59 Å². The molecule has 1 heterocycles. The normalized spacial score (nSPS) is 13.6. The van der Waals surface area contributed by atoms with Gasteiger partial charge >= 0.3 is 11.8 Å². The van der Waals surface area contributed by atoms with Gasteiger partial charge in [0.25, 0.3) is 0 Å². The highest BCUT2D eigenvalue weighted by Gasteiger charge is 2.21. The smallest absolute Gasteiger partial charge is 0.313 e. The number of nitrogens with one attached hydrogen (secondary N) is 2. The summed E-state index contributed by atoms with van der Waals surface area (Å²) in [5.41, 5.74) is 2.64. The number of halogens is 1. The number of fused-ring (bicyclic) bond motifs is 1. The minimum absolute atomic E-state index is 0.0621. The zero-order chi connectivity index (χ0) is 19.4. The van der Waals surface area contributed by atoms with Crippen LogP contribution in [0.5, 0.6) is 5.75 Å². The molecule has 0 unspecified atom stereocenters. The van der Waals surface area contributed by atoms with Gasteiger partial charge in [-0.2, -0.15) is 0 Å². The van der Waals surface area contributed by atoms with Gasteiger partial charge < -0.3 is 20.3 Å². The van der Waals surface area contributed by atoms with Crippen molar-refractivity contribution in [1.29, 1.82) is 0 Å². The van der Waals surface area contributed by atoms with Crippen LogP contribution < -0.4 is 15.4 Å². The van der Waals surface area contributed by atoms with Gasteiger partial charge in [0.2, 0.25) is 0 Å². The summed E-state index contributed by atoms with van der Waals surface area (Å²) < 4.78 is 5.54. The third kappa shape index (κ3) is 4.59. The fraction of sp³-hybridized carbons (Fsp3) is 0.300. The van der Waals surface area contributed by atoms with E-state index in [1.165, 1.54) is 5.56 Å². The molecule has 0 radical (unpaired) electrons. The summed E-state index contributed by atoms with van der Waals surface area (Å²) in [6.45, 7) is 1.01. The topological polar surface area (TPSA) is 70.7 Å². The maximum Gasteiger partial charge on any atom is 0.313 e. The lowest BCUT2D eigenvalue weighted by Crippen LogP contribution is -2.40. The molecule has 1 atom stereocenters. The first kappa shape index (κ1) is 19.2. The molecule has 0 spiro atoms. The number of nitrogens with zero attached hydrogens (tertiary/aromatic N) is 1. The summed E-state index contributed by atoms with van der Waals surface area (Å²) in [6.07, 6.45) is 0.885. The van der Waals surface area contributed by atoms with Crippen molar-refractivity contribution in [2.75, 3.05) is 32.6 Å². The molecular weight excluding hydrogens is 366 g/mol. The first-order valence-corrected chi connectivity index (χ1v) is 9.09. The van der Waals surface area contributed by atoms with Crippen molar-refractivity contribution in [3.05, 3.63) is 58.6 Å². The number of carbonyl (C=O) groups is 2. The maximum absolute atomic E-state index is 12.2. The second kappa shape index (κ2) is 8.41. The molecule has 0 saturated heterocycles. The van der Waals surface area contributed by atoms with Crippen LogP contribution in [0.25, 0.3) is 0 Å². The maximum atomic E-state index is 12.2. The molecule has 3 rings (SSSR count). The fourth-order valence-corrected chi connectivity index (χ4v) is 3.21. The molecule has 0 aliphatic carbocycles. The van der Waals surface area contributed by atoms with Crippen LogP contribution in [0.3, 0.4) is 0 Å². The Bertz CT molecular complexity index is 854. The van der Waals surface area contributed by atoms with Crippen LogP contribution in [-0.2, 0) is 16.0 Å². The molecule has 0 saturated carbocycles. The number of carbonyl (C=O) groups excluding carboxylic acids is 2. The zero-order valence-electron chi connectivity index (χ0n) is 15.3. The van der Waals surface area contributed by atoms with Crippen molar-refractivity contribution in [2.45, 2.75) is 12.5 Å². The van der Waals surface area contributed by atoms with Gasteiger partial charge in [0, 0.05) is 13.0 Å². The van der Waals surface area contributed by atoms with Gasteiger partial charge in [-0.25, -0.2) is 0 Å². The van der Waals surface area contributed by atoms with E-state index < -0.39 is 11.8 Å². The second-order valence-electron chi connectivity index (χ2n) is 6.59. The fourth-order valence-electron chi connectivity index (χ4n) is 3.02. The monoisotopic (exact) mass is 387 g/mol. The first-order chi connectivity index (χ1) is 13.0. The number of hydrogen-bond donors (Lipinski definition) is 2. The molecule has 2 amide bonds. The van der Waals surface area contributed by atoms with Crippen molar-refractivity contribution in [1.82, 2.24) is 10.2 Å². The molecule has 1 aliphatic heterocycles. The number of anilines is 1. The number of ether oxygens (including phenoxy) is 1. The quantitative estimate of drug-likeness (QED) is 0.774. The highest BCUT2D eigenvalue weighted by molar-refractivity contribution is 6.41. The summed E-state index contributed by atoms with van der Waals surface area (Å²) >= 11 is 6.01. The molecule has 27 heavy (non-hydrogen) atoms. The summed E-state index contributed by atoms with van der Waals surface area (Å²) in [7, 11) is 3.87. The molecule has 0 bridgehead atoms. The summed E-state index contributed by atoms with van der Waals surface area (Å²) in [6, 6.07) is 12.8. The van der Waals surface area contributed by atoms with E-state index in [1.807, 2.05) is 31.1 Å². The van der Waals surface area contributed by atoms with E-state index in [2.05, 4.69) is 16.7 Å². The Hall–Kier alpha value is -2.57.